The van der Waals surface area contributed by atoms with E-state index >= 15 is 0 Å². The highest BCUT2D eigenvalue weighted by molar-refractivity contribution is 5.89. The van der Waals surface area contributed by atoms with E-state index in [2.05, 4.69) is 5.32 Å². The number of carbonyl (C=O) groups excluding carboxylic acids is 1. The third-order valence-electron chi connectivity index (χ3n) is 4.44. The number of aryl methyl sites for hydroxylation is 2. The minimum absolute atomic E-state index is 0.0900. The Labute approximate surface area is 140 Å². The molecule has 0 spiro atoms. The van der Waals surface area contributed by atoms with Gasteiger partial charge in [-0.15, -0.1) is 0 Å². The molecule has 1 amide bonds. The average molecular weight is 325 g/mol. The number of benzene rings is 2. The van der Waals surface area contributed by atoms with Crippen LogP contribution in [0.25, 0.3) is 11.0 Å². The van der Waals surface area contributed by atoms with Crippen molar-refractivity contribution in [3.8, 4) is 0 Å². The molecule has 124 valence electrons. The third kappa shape index (κ3) is 3.18. The van der Waals surface area contributed by atoms with Gasteiger partial charge in [0.1, 0.15) is 11.4 Å². The van der Waals surface area contributed by atoms with E-state index in [0.29, 0.717) is 0 Å². The van der Waals surface area contributed by atoms with Crippen LogP contribution in [0.5, 0.6) is 0 Å². The third-order valence-corrected chi connectivity index (χ3v) is 4.44. The van der Waals surface area contributed by atoms with Gasteiger partial charge in [-0.05, 0) is 49.6 Å². The van der Waals surface area contributed by atoms with Crippen molar-refractivity contribution in [1.29, 1.82) is 0 Å². The standard InChI is InChI=1S/C20H20FNO2/c1-12-4-9-18-16(11-24-20(18)13(12)2)10-19(23)22-14(3)15-5-7-17(21)8-6-15/h4-9,11,14H,10H2,1-3H3,(H,22,23). The molecule has 3 rings (SSSR count). The van der Waals surface area contributed by atoms with Gasteiger partial charge in [0.05, 0.1) is 18.7 Å². The summed E-state index contributed by atoms with van der Waals surface area (Å²) in [6.45, 7) is 5.93. The van der Waals surface area contributed by atoms with Crippen LogP contribution in [0, 0.1) is 19.7 Å². The maximum atomic E-state index is 13.0. The number of hydrogen-bond acceptors (Lipinski definition) is 2. The molecule has 0 saturated heterocycles. The van der Waals surface area contributed by atoms with E-state index in [9.17, 15) is 9.18 Å². The highest BCUT2D eigenvalue weighted by Gasteiger charge is 2.15. The predicted octanol–water partition coefficient (Wildman–Crippen LogP) is 4.61. The normalized spacial score (nSPS) is 12.3. The second-order valence-corrected chi connectivity index (χ2v) is 6.16. The Morgan fingerprint density at radius 2 is 1.88 bits per heavy atom. The summed E-state index contributed by atoms with van der Waals surface area (Å²) in [4.78, 5) is 12.3. The van der Waals surface area contributed by atoms with Gasteiger partial charge in [-0.3, -0.25) is 4.79 Å². The van der Waals surface area contributed by atoms with E-state index in [1.807, 2.05) is 32.9 Å². The smallest absolute Gasteiger partial charge is 0.225 e. The molecule has 0 radical (unpaired) electrons. The van der Waals surface area contributed by atoms with Crippen molar-refractivity contribution in [3.63, 3.8) is 0 Å². The molecule has 0 aliphatic rings. The summed E-state index contributed by atoms with van der Waals surface area (Å²) in [6.07, 6.45) is 1.90. The molecule has 3 aromatic rings. The Morgan fingerprint density at radius 3 is 2.58 bits per heavy atom. The molecule has 1 N–H and O–H groups in total. The van der Waals surface area contributed by atoms with Gasteiger partial charge in [-0.1, -0.05) is 24.3 Å². The molecule has 0 aliphatic carbocycles. The molecule has 0 fully saturated rings. The molecular weight excluding hydrogens is 305 g/mol. The summed E-state index contributed by atoms with van der Waals surface area (Å²) in [7, 11) is 0. The number of halogens is 1. The predicted molar refractivity (Wildman–Crippen MR) is 92.3 cm³/mol. The van der Waals surface area contributed by atoms with E-state index in [1.165, 1.54) is 12.1 Å². The van der Waals surface area contributed by atoms with Gasteiger partial charge in [0, 0.05) is 10.9 Å². The summed E-state index contributed by atoms with van der Waals surface area (Å²) in [5, 5.41) is 3.92. The number of carbonyl (C=O) groups is 1. The van der Waals surface area contributed by atoms with Crippen molar-refractivity contribution in [1.82, 2.24) is 5.32 Å². The SMILES string of the molecule is Cc1ccc2c(CC(=O)NC(C)c3ccc(F)cc3)coc2c1C. The minimum Gasteiger partial charge on any atom is -0.464 e. The lowest BCUT2D eigenvalue weighted by atomic mass is 10.0. The molecule has 24 heavy (non-hydrogen) atoms. The maximum Gasteiger partial charge on any atom is 0.225 e. The summed E-state index contributed by atoms with van der Waals surface area (Å²) in [6, 6.07) is 10.0. The van der Waals surface area contributed by atoms with Crippen LogP contribution in [0.15, 0.2) is 47.1 Å². The lowest BCUT2D eigenvalue weighted by molar-refractivity contribution is -0.121. The first-order valence-corrected chi connectivity index (χ1v) is 7.97. The van der Waals surface area contributed by atoms with E-state index < -0.39 is 0 Å². The fourth-order valence-electron chi connectivity index (χ4n) is 2.83. The second-order valence-electron chi connectivity index (χ2n) is 6.16. The molecule has 1 atom stereocenters. The van der Waals surface area contributed by atoms with Crippen LogP contribution in [0.4, 0.5) is 4.39 Å². The Hall–Kier alpha value is -2.62. The Balaban J connectivity index is 1.73. The summed E-state index contributed by atoms with van der Waals surface area (Å²) < 4.78 is 18.6. The fraction of sp³-hybridized carbons (Fsp3) is 0.250. The van der Waals surface area contributed by atoms with Crippen molar-refractivity contribution in [2.45, 2.75) is 33.2 Å². The maximum absolute atomic E-state index is 13.0. The molecular formula is C20H20FNO2. The minimum atomic E-state index is -0.284. The quantitative estimate of drug-likeness (QED) is 0.761. The topological polar surface area (TPSA) is 42.2 Å². The Kier molecular flexibility index (Phi) is 4.38. The van der Waals surface area contributed by atoms with Crippen LogP contribution in [0.3, 0.4) is 0 Å². The van der Waals surface area contributed by atoms with Gasteiger partial charge in [0.15, 0.2) is 0 Å². The number of hydrogen-bond donors (Lipinski definition) is 1. The summed E-state index contributed by atoms with van der Waals surface area (Å²) >= 11 is 0. The van der Waals surface area contributed by atoms with Crippen LogP contribution in [0.2, 0.25) is 0 Å². The van der Waals surface area contributed by atoms with E-state index in [4.69, 9.17) is 4.42 Å². The first-order chi connectivity index (χ1) is 11.5. The highest BCUT2D eigenvalue weighted by Crippen LogP contribution is 2.27. The van der Waals surface area contributed by atoms with Gasteiger partial charge in [-0.25, -0.2) is 4.39 Å². The van der Waals surface area contributed by atoms with Gasteiger partial charge in [-0.2, -0.15) is 0 Å². The van der Waals surface area contributed by atoms with Crippen LogP contribution in [-0.4, -0.2) is 5.91 Å². The Morgan fingerprint density at radius 1 is 1.17 bits per heavy atom. The molecule has 1 unspecified atom stereocenters. The van der Waals surface area contributed by atoms with Crippen molar-refractivity contribution in [3.05, 3.63) is 70.7 Å². The number of nitrogens with one attached hydrogen (secondary N) is 1. The number of amides is 1. The number of furan rings is 1. The van der Waals surface area contributed by atoms with Gasteiger partial charge >= 0.3 is 0 Å². The van der Waals surface area contributed by atoms with Crippen LogP contribution >= 0.6 is 0 Å². The molecule has 3 nitrogen and oxygen atoms in total. The Bertz CT molecular complexity index is 881. The largest absolute Gasteiger partial charge is 0.464 e. The van der Waals surface area contributed by atoms with E-state index in [-0.39, 0.29) is 24.2 Å². The first kappa shape index (κ1) is 16.2. The molecule has 0 bridgehead atoms. The molecule has 1 aromatic heterocycles. The average Bonchev–Trinajstić information content (AvgIpc) is 2.95. The molecule has 4 heteroatoms. The monoisotopic (exact) mass is 325 g/mol. The van der Waals surface area contributed by atoms with Crippen molar-refractivity contribution >= 4 is 16.9 Å². The second kappa shape index (κ2) is 6.48. The lowest BCUT2D eigenvalue weighted by Gasteiger charge is -2.14. The van der Waals surface area contributed by atoms with E-state index in [1.54, 1.807) is 18.4 Å². The fourth-order valence-corrected chi connectivity index (χ4v) is 2.83. The number of fused-ring (bicyclic) bond motifs is 1. The zero-order valence-electron chi connectivity index (χ0n) is 14.0. The van der Waals surface area contributed by atoms with Crippen LogP contribution in [0.1, 0.15) is 35.2 Å². The number of rotatable bonds is 4. The molecule has 0 saturated carbocycles. The van der Waals surface area contributed by atoms with Crippen molar-refractivity contribution < 1.29 is 13.6 Å². The summed E-state index contributed by atoms with van der Waals surface area (Å²) in [5.41, 5.74) is 4.84. The molecule has 0 aliphatic heterocycles. The molecule has 2 aromatic carbocycles. The van der Waals surface area contributed by atoms with Crippen LogP contribution in [-0.2, 0) is 11.2 Å². The van der Waals surface area contributed by atoms with E-state index in [0.717, 1.165) is 33.2 Å². The van der Waals surface area contributed by atoms with Crippen molar-refractivity contribution in [2.24, 2.45) is 0 Å². The zero-order chi connectivity index (χ0) is 17.3. The van der Waals surface area contributed by atoms with Crippen molar-refractivity contribution in [2.75, 3.05) is 0 Å². The van der Waals surface area contributed by atoms with Crippen LogP contribution < -0.4 is 5.32 Å². The van der Waals surface area contributed by atoms with Gasteiger partial charge in [0.25, 0.3) is 0 Å². The lowest BCUT2D eigenvalue weighted by Crippen LogP contribution is -2.28. The zero-order valence-corrected chi connectivity index (χ0v) is 14.0. The highest BCUT2D eigenvalue weighted by atomic mass is 19.1. The van der Waals surface area contributed by atoms with Gasteiger partial charge < -0.3 is 9.73 Å². The first-order valence-electron chi connectivity index (χ1n) is 7.97. The molecule has 1 heterocycles. The van der Waals surface area contributed by atoms with Gasteiger partial charge in [0.2, 0.25) is 5.91 Å². The summed E-state index contributed by atoms with van der Waals surface area (Å²) in [5.74, 6) is -0.374.